The van der Waals surface area contributed by atoms with Crippen LogP contribution in [-0.4, -0.2) is 12.7 Å². The Morgan fingerprint density at radius 1 is 0.966 bits per heavy atom. The lowest BCUT2D eigenvalue weighted by Crippen LogP contribution is -2.23. The number of halogens is 2. The molecule has 0 spiro atoms. The second-order valence-electron chi connectivity index (χ2n) is 8.86. The molecule has 3 rings (SSSR count). The first-order valence-corrected chi connectivity index (χ1v) is 11.2. The van der Waals surface area contributed by atoms with Crippen molar-refractivity contribution < 1.29 is 13.5 Å². The molecular formula is C25H33F2NO. The van der Waals surface area contributed by atoms with E-state index in [1.54, 1.807) is 6.07 Å². The zero-order valence-corrected chi connectivity index (χ0v) is 17.3. The van der Waals surface area contributed by atoms with Crippen LogP contribution in [0.3, 0.4) is 0 Å². The van der Waals surface area contributed by atoms with Gasteiger partial charge in [0.2, 0.25) is 0 Å². The number of nitriles is 1. The summed E-state index contributed by atoms with van der Waals surface area (Å²) in [6, 6.07) is 4.33. The summed E-state index contributed by atoms with van der Waals surface area (Å²) in [7, 11) is 0. The predicted octanol–water partition coefficient (Wildman–Crippen LogP) is 7.04. The normalized spacial score (nSPS) is 27.3. The third-order valence-corrected chi connectivity index (χ3v) is 6.95. The van der Waals surface area contributed by atoms with Crippen LogP contribution in [0.5, 0.6) is 0 Å². The van der Waals surface area contributed by atoms with Crippen LogP contribution in [0, 0.1) is 34.8 Å². The molecule has 1 aromatic rings. The molecule has 0 bridgehead atoms. The summed E-state index contributed by atoms with van der Waals surface area (Å²) in [5.74, 6) is 0.322. The maximum absolute atomic E-state index is 13.9. The van der Waals surface area contributed by atoms with E-state index in [2.05, 4.69) is 6.58 Å². The molecule has 0 unspecified atom stereocenters. The molecule has 2 nitrogen and oxygen atoms in total. The number of hydrogen-bond acceptors (Lipinski definition) is 2. The predicted molar refractivity (Wildman–Crippen MR) is 112 cm³/mol. The Labute approximate surface area is 174 Å². The topological polar surface area (TPSA) is 33.0 Å². The molecular weight excluding hydrogens is 368 g/mol. The van der Waals surface area contributed by atoms with Gasteiger partial charge in [0.05, 0.1) is 12.7 Å². The Hall–Kier alpha value is -1.73. The molecule has 2 saturated carbocycles. The van der Waals surface area contributed by atoms with Crippen molar-refractivity contribution in [1.82, 2.24) is 0 Å². The Kier molecular flexibility index (Phi) is 8.24. The highest BCUT2D eigenvalue weighted by Gasteiger charge is 2.26. The van der Waals surface area contributed by atoms with Gasteiger partial charge in [0.15, 0.2) is 0 Å². The lowest BCUT2D eigenvalue weighted by atomic mass is 9.75. The highest BCUT2D eigenvalue weighted by atomic mass is 19.1. The minimum atomic E-state index is -0.728. The summed E-state index contributed by atoms with van der Waals surface area (Å²) in [5.41, 5.74) is 0.246. The van der Waals surface area contributed by atoms with E-state index in [4.69, 9.17) is 10.00 Å². The number of nitrogens with zero attached hydrogens (tertiary/aromatic N) is 1. The summed E-state index contributed by atoms with van der Waals surface area (Å²) in [6.45, 7) is 4.54. The molecule has 0 radical (unpaired) electrons. The molecule has 158 valence electrons. The van der Waals surface area contributed by atoms with Crippen LogP contribution in [0.4, 0.5) is 8.78 Å². The Morgan fingerprint density at radius 3 is 2.03 bits per heavy atom. The van der Waals surface area contributed by atoms with Gasteiger partial charge in [-0.25, -0.2) is 8.78 Å². The average Bonchev–Trinajstić information content (AvgIpc) is 2.73. The number of rotatable bonds is 8. The monoisotopic (exact) mass is 401 g/mol. The number of ether oxygens (including phenoxy) is 1. The van der Waals surface area contributed by atoms with Gasteiger partial charge >= 0.3 is 0 Å². The van der Waals surface area contributed by atoms with Crippen LogP contribution in [0.1, 0.15) is 87.7 Å². The van der Waals surface area contributed by atoms with Crippen LogP contribution in [-0.2, 0) is 4.74 Å². The molecule has 29 heavy (non-hydrogen) atoms. The standard InChI is InChI=1S/C25H33F2NO/c1-2-3-14-29-22-12-8-19(9-13-22)5-4-18-6-10-20(11-7-18)21-15-24(26)23(17-28)25(27)16-21/h2,15-16,18-20,22H,1,3-14H2. The van der Waals surface area contributed by atoms with Crippen LogP contribution in [0.2, 0.25) is 0 Å². The summed E-state index contributed by atoms with van der Waals surface area (Å²) in [4.78, 5) is 0. The average molecular weight is 402 g/mol. The fourth-order valence-corrected chi connectivity index (χ4v) is 5.10. The van der Waals surface area contributed by atoms with Crippen molar-refractivity contribution >= 4 is 0 Å². The molecule has 0 heterocycles. The lowest BCUT2D eigenvalue weighted by molar-refractivity contribution is 0.0189. The van der Waals surface area contributed by atoms with Gasteiger partial charge in [0.25, 0.3) is 0 Å². The smallest absolute Gasteiger partial charge is 0.144 e. The quantitative estimate of drug-likeness (QED) is 0.346. The van der Waals surface area contributed by atoms with Gasteiger partial charge in [0, 0.05) is 0 Å². The van der Waals surface area contributed by atoms with Gasteiger partial charge in [-0.1, -0.05) is 18.9 Å². The minimum absolute atomic E-state index is 0.214. The molecule has 2 aliphatic carbocycles. The highest BCUT2D eigenvalue weighted by Crippen LogP contribution is 2.40. The largest absolute Gasteiger partial charge is 0.378 e. The maximum atomic E-state index is 13.9. The van der Waals surface area contributed by atoms with E-state index >= 15 is 0 Å². The molecule has 0 aromatic heterocycles. The Balaban J connectivity index is 1.38. The summed E-state index contributed by atoms with van der Waals surface area (Å²) < 4.78 is 33.7. The maximum Gasteiger partial charge on any atom is 0.144 e. The first-order valence-electron chi connectivity index (χ1n) is 11.2. The minimum Gasteiger partial charge on any atom is -0.378 e. The molecule has 2 fully saturated rings. The fraction of sp³-hybridized carbons (Fsp3) is 0.640. The van der Waals surface area contributed by atoms with E-state index in [-0.39, 0.29) is 5.92 Å². The Bertz CT molecular complexity index is 687. The Morgan fingerprint density at radius 2 is 1.52 bits per heavy atom. The zero-order chi connectivity index (χ0) is 20.6. The second-order valence-corrected chi connectivity index (χ2v) is 8.86. The zero-order valence-electron chi connectivity index (χ0n) is 17.3. The molecule has 0 N–H and O–H groups in total. The van der Waals surface area contributed by atoms with Crippen molar-refractivity contribution in [2.45, 2.75) is 82.7 Å². The van der Waals surface area contributed by atoms with Crippen LogP contribution >= 0.6 is 0 Å². The van der Waals surface area contributed by atoms with Crippen molar-refractivity contribution in [3.05, 3.63) is 47.5 Å². The molecule has 0 saturated heterocycles. The third kappa shape index (κ3) is 6.12. The van der Waals surface area contributed by atoms with Crippen molar-refractivity contribution in [1.29, 1.82) is 5.26 Å². The number of hydrogen-bond donors (Lipinski definition) is 0. The van der Waals surface area contributed by atoms with Crippen molar-refractivity contribution in [3.8, 4) is 6.07 Å². The van der Waals surface area contributed by atoms with E-state index < -0.39 is 17.2 Å². The van der Waals surface area contributed by atoms with E-state index in [1.807, 2.05) is 6.08 Å². The first-order chi connectivity index (χ1) is 14.1. The summed E-state index contributed by atoms with van der Waals surface area (Å²) in [5, 5.41) is 8.82. The second kappa shape index (κ2) is 10.9. The summed E-state index contributed by atoms with van der Waals surface area (Å²) in [6.07, 6.45) is 15.0. The van der Waals surface area contributed by atoms with Crippen LogP contribution < -0.4 is 0 Å². The fourth-order valence-electron chi connectivity index (χ4n) is 5.10. The van der Waals surface area contributed by atoms with Crippen molar-refractivity contribution in [3.63, 3.8) is 0 Å². The SMILES string of the molecule is C=CCCOC1CCC(CCC2CCC(c3cc(F)c(C#N)c(F)c3)CC2)CC1. The summed E-state index contributed by atoms with van der Waals surface area (Å²) >= 11 is 0. The lowest BCUT2D eigenvalue weighted by Gasteiger charge is -2.32. The van der Waals surface area contributed by atoms with E-state index in [1.165, 1.54) is 50.7 Å². The molecule has 2 aliphatic rings. The van der Waals surface area contributed by atoms with Crippen LogP contribution in [0.15, 0.2) is 24.8 Å². The molecule has 0 amide bonds. The van der Waals surface area contributed by atoms with Gasteiger partial charge < -0.3 is 4.74 Å². The molecule has 0 atom stereocenters. The van der Waals surface area contributed by atoms with Crippen LogP contribution in [0.25, 0.3) is 0 Å². The van der Waals surface area contributed by atoms with Gasteiger partial charge in [-0.05, 0) is 93.2 Å². The van der Waals surface area contributed by atoms with Crippen molar-refractivity contribution in [2.75, 3.05) is 6.61 Å². The van der Waals surface area contributed by atoms with E-state index in [9.17, 15) is 8.78 Å². The van der Waals surface area contributed by atoms with Crippen molar-refractivity contribution in [2.24, 2.45) is 11.8 Å². The third-order valence-electron chi connectivity index (χ3n) is 6.95. The highest BCUT2D eigenvalue weighted by molar-refractivity contribution is 5.36. The molecule has 4 heteroatoms. The van der Waals surface area contributed by atoms with Gasteiger partial charge in [-0.3, -0.25) is 0 Å². The molecule has 0 aliphatic heterocycles. The van der Waals surface area contributed by atoms with Gasteiger partial charge in [-0.2, -0.15) is 5.26 Å². The van der Waals surface area contributed by atoms with Gasteiger partial charge in [0.1, 0.15) is 23.3 Å². The van der Waals surface area contributed by atoms with E-state index in [0.29, 0.717) is 11.7 Å². The van der Waals surface area contributed by atoms with E-state index in [0.717, 1.165) is 50.5 Å². The first kappa shape index (κ1) is 22.0. The molecule has 1 aromatic carbocycles. The van der Waals surface area contributed by atoms with Gasteiger partial charge in [-0.15, -0.1) is 6.58 Å². The number of benzene rings is 1.